The Morgan fingerprint density at radius 1 is 1.32 bits per heavy atom. The molecule has 0 fully saturated rings. The van der Waals surface area contributed by atoms with Crippen LogP contribution < -0.4 is 10.9 Å². The van der Waals surface area contributed by atoms with E-state index in [0.29, 0.717) is 22.2 Å². The van der Waals surface area contributed by atoms with Crippen molar-refractivity contribution in [3.8, 4) is 12.1 Å². The SMILES string of the molecule is CC(=O)Nc1ccc2c(Cn3cnc(C#N)c3C#N)cc(=O)oc2c1. The van der Waals surface area contributed by atoms with Crippen LogP contribution in [0.25, 0.3) is 11.0 Å². The topological polar surface area (TPSA) is 125 Å². The average Bonchev–Trinajstić information content (AvgIpc) is 2.95. The molecule has 1 N–H and O–H groups in total. The van der Waals surface area contributed by atoms with Crippen molar-refractivity contribution in [2.45, 2.75) is 13.5 Å². The molecule has 0 spiro atoms. The molecule has 0 aliphatic carbocycles. The van der Waals surface area contributed by atoms with Gasteiger partial charge in [0.15, 0.2) is 11.4 Å². The van der Waals surface area contributed by atoms with Gasteiger partial charge in [-0.15, -0.1) is 0 Å². The number of aromatic nitrogens is 2. The molecule has 2 heterocycles. The van der Waals surface area contributed by atoms with E-state index in [0.717, 1.165) is 0 Å². The van der Waals surface area contributed by atoms with Crippen LogP contribution in [0.15, 0.2) is 39.8 Å². The largest absolute Gasteiger partial charge is 0.423 e. The van der Waals surface area contributed by atoms with Gasteiger partial charge in [0, 0.05) is 30.1 Å². The number of nitriles is 2. The van der Waals surface area contributed by atoms with Crippen LogP contribution in [0.1, 0.15) is 23.9 Å². The van der Waals surface area contributed by atoms with Crippen LogP contribution in [0, 0.1) is 22.7 Å². The predicted octanol–water partition coefficient (Wildman–Crippen LogP) is 1.74. The van der Waals surface area contributed by atoms with Crippen molar-refractivity contribution in [3.63, 3.8) is 0 Å². The lowest BCUT2D eigenvalue weighted by Crippen LogP contribution is -2.08. The van der Waals surface area contributed by atoms with E-state index in [9.17, 15) is 14.9 Å². The third kappa shape index (κ3) is 3.09. The van der Waals surface area contributed by atoms with Crippen LogP contribution in [0.4, 0.5) is 5.69 Å². The zero-order chi connectivity index (χ0) is 18.0. The number of hydrogen-bond acceptors (Lipinski definition) is 6. The normalized spacial score (nSPS) is 10.2. The fraction of sp³-hybridized carbons (Fsp3) is 0.118. The quantitative estimate of drug-likeness (QED) is 0.728. The standard InChI is InChI=1S/C17H11N5O3/c1-10(23)21-12-2-3-13-11(4-17(24)25-16(13)5-12)8-22-9-20-14(6-18)15(22)7-19/h2-5,9H,8H2,1H3,(H,21,23). The Labute approximate surface area is 141 Å². The molecular weight excluding hydrogens is 322 g/mol. The first kappa shape index (κ1) is 16.0. The third-order valence-corrected chi connectivity index (χ3v) is 3.54. The Bertz CT molecular complexity index is 1130. The van der Waals surface area contributed by atoms with Crippen LogP contribution in [0.5, 0.6) is 0 Å². The van der Waals surface area contributed by atoms with E-state index in [1.807, 2.05) is 12.1 Å². The van der Waals surface area contributed by atoms with Crippen molar-refractivity contribution in [2.75, 3.05) is 5.32 Å². The summed E-state index contributed by atoms with van der Waals surface area (Å²) in [5.74, 6) is -0.237. The molecule has 2 aromatic heterocycles. The van der Waals surface area contributed by atoms with E-state index >= 15 is 0 Å². The molecule has 3 rings (SSSR count). The van der Waals surface area contributed by atoms with E-state index < -0.39 is 5.63 Å². The van der Waals surface area contributed by atoms with Crippen molar-refractivity contribution in [1.82, 2.24) is 9.55 Å². The highest BCUT2D eigenvalue weighted by molar-refractivity contribution is 5.92. The van der Waals surface area contributed by atoms with Crippen molar-refractivity contribution in [2.24, 2.45) is 0 Å². The van der Waals surface area contributed by atoms with E-state index in [1.54, 1.807) is 18.2 Å². The number of fused-ring (bicyclic) bond motifs is 1. The second kappa shape index (κ2) is 6.30. The number of benzene rings is 1. The van der Waals surface area contributed by atoms with Gasteiger partial charge in [-0.1, -0.05) is 0 Å². The molecule has 0 unspecified atom stereocenters. The Morgan fingerprint density at radius 3 is 2.80 bits per heavy atom. The number of rotatable bonds is 3. The molecule has 1 aromatic carbocycles. The molecule has 0 saturated carbocycles. The number of nitrogens with one attached hydrogen (secondary N) is 1. The monoisotopic (exact) mass is 333 g/mol. The molecule has 1 amide bonds. The molecule has 0 bridgehead atoms. The minimum Gasteiger partial charge on any atom is -0.423 e. The number of hydrogen-bond donors (Lipinski definition) is 1. The fourth-order valence-electron chi connectivity index (χ4n) is 2.53. The molecule has 0 saturated heterocycles. The van der Waals surface area contributed by atoms with Gasteiger partial charge in [-0.3, -0.25) is 4.79 Å². The summed E-state index contributed by atoms with van der Waals surface area (Å²) in [4.78, 5) is 26.9. The fourth-order valence-corrected chi connectivity index (χ4v) is 2.53. The predicted molar refractivity (Wildman–Crippen MR) is 87.5 cm³/mol. The summed E-state index contributed by atoms with van der Waals surface area (Å²) in [6, 6.07) is 10.1. The maximum absolute atomic E-state index is 11.8. The maximum atomic E-state index is 11.8. The Balaban J connectivity index is 2.09. The Kier molecular flexibility index (Phi) is 4.02. The van der Waals surface area contributed by atoms with Gasteiger partial charge in [-0.2, -0.15) is 10.5 Å². The van der Waals surface area contributed by atoms with Crippen molar-refractivity contribution in [1.29, 1.82) is 10.5 Å². The highest BCUT2D eigenvalue weighted by Crippen LogP contribution is 2.22. The second-order valence-corrected chi connectivity index (χ2v) is 5.28. The average molecular weight is 333 g/mol. The molecule has 25 heavy (non-hydrogen) atoms. The first-order valence-electron chi connectivity index (χ1n) is 7.21. The number of imidazole rings is 1. The summed E-state index contributed by atoms with van der Waals surface area (Å²) in [7, 11) is 0. The maximum Gasteiger partial charge on any atom is 0.336 e. The van der Waals surface area contributed by atoms with Gasteiger partial charge in [0.05, 0.1) is 12.9 Å². The second-order valence-electron chi connectivity index (χ2n) is 5.28. The molecule has 0 atom stereocenters. The van der Waals surface area contributed by atoms with Crippen LogP contribution in [-0.4, -0.2) is 15.5 Å². The van der Waals surface area contributed by atoms with Crippen molar-refractivity contribution in [3.05, 3.63) is 58.0 Å². The highest BCUT2D eigenvalue weighted by atomic mass is 16.4. The molecule has 8 heteroatoms. The number of amides is 1. The van der Waals surface area contributed by atoms with Crippen molar-refractivity contribution >= 4 is 22.6 Å². The van der Waals surface area contributed by atoms with Crippen LogP contribution in [-0.2, 0) is 11.3 Å². The lowest BCUT2D eigenvalue weighted by atomic mass is 10.1. The highest BCUT2D eigenvalue weighted by Gasteiger charge is 2.13. The summed E-state index contributed by atoms with van der Waals surface area (Å²) in [5.41, 5.74) is 1.03. The lowest BCUT2D eigenvalue weighted by Gasteiger charge is -2.09. The number of carbonyl (C=O) groups excluding carboxylic acids is 1. The molecule has 0 aliphatic rings. The molecular formula is C17H11N5O3. The Hall–Kier alpha value is -3.91. The zero-order valence-electron chi connectivity index (χ0n) is 13.1. The smallest absolute Gasteiger partial charge is 0.336 e. The van der Waals surface area contributed by atoms with Gasteiger partial charge in [0.2, 0.25) is 5.91 Å². The van der Waals surface area contributed by atoms with E-state index in [4.69, 9.17) is 9.68 Å². The summed E-state index contributed by atoms with van der Waals surface area (Å²) in [6.45, 7) is 1.56. The van der Waals surface area contributed by atoms with Crippen LogP contribution >= 0.6 is 0 Å². The lowest BCUT2D eigenvalue weighted by molar-refractivity contribution is -0.114. The summed E-state index contributed by atoms with van der Waals surface area (Å²) in [5, 5.41) is 21.5. The number of carbonyl (C=O) groups is 1. The molecule has 8 nitrogen and oxygen atoms in total. The van der Waals surface area contributed by atoms with E-state index in [2.05, 4.69) is 10.3 Å². The van der Waals surface area contributed by atoms with Gasteiger partial charge in [0.25, 0.3) is 0 Å². The van der Waals surface area contributed by atoms with Crippen molar-refractivity contribution < 1.29 is 9.21 Å². The first-order valence-corrected chi connectivity index (χ1v) is 7.21. The summed E-state index contributed by atoms with van der Waals surface area (Å²) < 4.78 is 6.69. The minimum atomic E-state index is -0.554. The molecule has 3 aromatic rings. The van der Waals surface area contributed by atoms with Gasteiger partial charge in [0.1, 0.15) is 17.7 Å². The van der Waals surface area contributed by atoms with Gasteiger partial charge >= 0.3 is 5.63 Å². The molecule has 122 valence electrons. The van der Waals surface area contributed by atoms with Gasteiger partial charge in [-0.25, -0.2) is 9.78 Å². The van der Waals surface area contributed by atoms with E-state index in [-0.39, 0.29) is 23.8 Å². The van der Waals surface area contributed by atoms with Crippen LogP contribution in [0.2, 0.25) is 0 Å². The molecule has 0 aliphatic heterocycles. The molecule has 0 radical (unpaired) electrons. The number of anilines is 1. The Morgan fingerprint density at radius 2 is 2.12 bits per heavy atom. The number of nitrogens with zero attached hydrogens (tertiary/aromatic N) is 4. The minimum absolute atomic E-state index is 0.0303. The third-order valence-electron chi connectivity index (χ3n) is 3.54. The van der Waals surface area contributed by atoms with E-state index in [1.165, 1.54) is 23.9 Å². The zero-order valence-corrected chi connectivity index (χ0v) is 13.1. The summed E-state index contributed by atoms with van der Waals surface area (Å²) >= 11 is 0. The first-order chi connectivity index (χ1) is 12.0. The van der Waals surface area contributed by atoms with Gasteiger partial charge in [-0.05, 0) is 17.7 Å². The van der Waals surface area contributed by atoms with Crippen LogP contribution in [0.3, 0.4) is 0 Å². The summed E-state index contributed by atoms with van der Waals surface area (Å²) in [6.07, 6.45) is 1.38. The van der Waals surface area contributed by atoms with Gasteiger partial charge < -0.3 is 14.3 Å².